The summed E-state index contributed by atoms with van der Waals surface area (Å²) in [6.07, 6.45) is 2.61. The highest BCUT2D eigenvalue weighted by atomic mass is 16.5. The number of amides is 1. The summed E-state index contributed by atoms with van der Waals surface area (Å²) in [5.41, 5.74) is 2.24. The van der Waals surface area contributed by atoms with E-state index in [1.54, 1.807) is 0 Å². The van der Waals surface area contributed by atoms with Crippen LogP contribution in [-0.2, 0) is 6.54 Å². The minimum atomic E-state index is -0.287. The van der Waals surface area contributed by atoms with Crippen LogP contribution < -0.4 is 10.0 Å². The molecule has 7 heteroatoms. The number of nitrogens with zero attached hydrogens (tertiary/aromatic N) is 4. The minimum Gasteiger partial charge on any atom is -0.619 e. The molecule has 0 unspecified atom stereocenters. The predicted molar refractivity (Wildman–Crippen MR) is 101 cm³/mol. The second-order valence-corrected chi connectivity index (χ2v) is 6.00. The maximum atomic E-state index is 12.5. The van der Waals surface area contributed by atoms with Gasteiger partial charge in [-0.05, 0) is 25.2 Å². The molecule has 0 bridgehead atoms. The molecule has 0 saturated heterocycles. The number of nitrogens with one attached hydrogen (secondary N) is 1. The first kappa shape index (κ1) is 17.9. The van der Waals surface area contributed by atoms with Crippen LogP contribution in [0.1, 0.15) is 24.2 Å². The standard InChI is InChI=1S/C19H23N5O2/c1-3-22(4-2)13-14-24-17-8-6-5-7-16(17)20-19(24)21-18(25)15-9-11-23(26)12-10-15/h5-12H,3-4,13-14H2,1-2H3,(H,20,21,25). The summed E-state index contributed by atoms with van der Waals surface area (Å²) in [5.74, 6) is 0.229. The number of hydrogen-bond donors (Lipinski definition) is 1. The van der Waals surface area contributed by atoms with Crippen LogP contribution in [0.4, 0.5) is 5.95 Å². The lowest BCUT2D eigenvalue weighted by molar-refractivity contribution is -0.605. The van der Waals surface area contributed by atoms with Crippen molar-refractivity contribution in [3.63, 3.8) is 0 Å². The molecule has 0 fully saturated rings. The van der Waals surface area contributed by atoms with E-state index < -0.39 is 0 Å². The van der Waals surface area contributed by atoms with Gasteiger partial charge >= 0.3 is 0 Å². The van der Waals surface area contributed by atoms with Crippen molar-refractivity contribution in [1.29, 1.82) is 0 Å². The highest BCUT2D eigenvalue weighted by Crippen LogP contribution is 2.20. The smallest absolute Gasteiger partial charge is 0.258 e. The van der Waals surface area contributed by atoms with Crippen molar-refractivity contribution in [2.45, 2.75) is 20.4 Å². The van der Waals surface area contributed by atoms with Gasteiger partial charge in [0.25, 0.3) is 5.91 Å². The minimum absolute atomic E-state index is 0.287. The number of pyridine rings is 1. The second-order valence-electron chi connectivity index (χ2n) is 6.00. The van der Waals surface area contributed by atoms with Crippen LogP contribution in [0.15, 0.2) is 48.8 Å². The average Bonchev–Trinajstić information content (AvgIpc) is 3.00. The van der Waals surface area contributed by atoms with Gasteiger partial charge in [-0.2, -0.15) is 4.73 Å². The van der Waals surface area contributed by atoms with E-state index in [9.17, 15) is 10.0 Å². The van der Waals surface area contributed by atoms with Crippen molar-refractivity contribution in [2.24, 2.45) is 0 Å². The monoisotopic (exact) mass is 353 g/mol. The number of carbonyl (C=O) groups excluding carboxylic acids is 1. The molecule has 1 N–H and O–H groups in total. The molecule has 26 heavy (non-hydrogen) atoms. The summed E-state index contributed by atoms with van der Waals surface area (Å²) in [7, 11) is 0. The summed E-state index contributed by atoms with van der Waals surface area (Å²) in [5, 5.41) is 14.0. The number of aromatic nitrogens is 3. The van der Waals surface area contributed by atoms with Crippen molar-refractivity contribution >= 4 is 22.9 Å². The quantitative estimate of drug-likeness (QED) is 0.522. The van der Waals surface area contributed by atoms with E-state index in [0.29, 0.717) is 16.2 Å². The third kappa shape index (κ3) is 3.83. The third-order valence-electron chi connectivity index (χ3n) is 4.48. The van der Waals surface area contributed by atoms with Crippen LogP contribution >= 0.6 is 0 Å². The Morgan fingerprint density at radius 2 is 1.88 bits per heavy atom. The van der Waals surface area contributed by atoms with E-state index >= 15 is 0 Å². The molecule has 2 aromatic heterocycles. The van der Waals surface area contributed by atoms with E-state index in [1.807, 2.05) is 28.8 Å². The van der Waals surface area contributed by atoms with Crippen LogP contribution in [0.2, 0.25) is 0 Å². The van der Waals surface area contributed by atoms with Gasteiger partial charge in [0.1, 0.15) is 0 Å². The summed E-state index contributed by atoms with van der Waals surface area (Å²) >= 11 is 0. The fraction of sp³-hybridized carbons (Fsp3) is 0.316. The van der Waals surface area contributed by atoms with Crippen molar-refractivity contribution in [1.82, 2.24) is 14.5 Å². The largest absolute Gasteiger partial charge is 0.619 e. The number of carbonyl (C=O) groups is 1. The molecule has 3 aromatic rings. The van der Waals surface area contributed by atoms with Crippen LogP contribution in [-0.4, -0.2) is 40.0 Å². The zero-order valence-corrected chi connectivity index (χ0v) is 15.1. The first-order chi connectivity index (χ1) is 12.6. The number of imidazole rings is 1. The van der Waals surface area contributed by atoms with E-state index in [-0.39, 0.29) is 5.91 Å². The Hall–Kier alpha value is -2.93. The predicted octanol–water partition coefficient (Wildman–Crippen LogP) is 2.26. The van der Waals surface area contributed by atoms with Gasteiger partial charge in [0.15, 0.2) is 12.4 Å². The van der Waals surface area contributed by atoms with E-state index in [4.69, 9.17) is 0 Å². The van der Waals surface area contributed by atoms with Gasteiger partial charge in [-0.3, -0.25) is 10.1 Å². The molecule has 0 atom stereocenters. The molecule has 2 heterocycles. The number of hydrogen-bond acceptors (Lipinski definition) is 4. The number of anilines is 1. The molecule has 0 radical (unpaired) electrons. The average molecular weight is 353 g/mol. The molecule has 1 amide bonds. The number of fused-ring (bicyclic) bond motifs is 1. The number of rotatable bonds is 7. The van der Waals surface area contributed by atoms with Crippen molar-refractivity contribution in [2.75, 3.05) is 25.0 Å². The molecule has 136 valence electrons. The summed E-state index contributed by atoms with van der Waals surface area (Å²) in [6.45, 7) is 7.82. The molecule has 3 rings (SSSR count). The Labute approximate surface area is 152 Å². The van der Waals surface area contributed by atoms with Crippen molar-refractivity contribution in [3.8, 4) is 0 Å². The zero-order valence-electron chi connectivity index (χ0n) is 15.1. The van der Waals surface area contributed by atoms with Gasteiger partial charge in [-0.1, -0.05) is 26.0 Å². The molecule has 1 aromatic carbocycles. The summed E-state index contributed by atoms with van der Waals surface area (Å²) in [4.78, 5) is 19.4. The third-order valence-corrected chi connectivity index (χ3v) is 4.48. The highest BCUT2D eigenvalue weighted by molar-refractivity contribution is 6.03. The molecular weight excluding hydrogens is 330 g/mol. The van der Waals surface area contributed by atoms with Crippen molar-refractivity contribution < 1.29 is 9.52 Å². The Kier molecular flexibility index (Phi) is 5.48. The SMILES string of the molecule is CCN(CC)CCn1c(NC(=O)c2cc[n+]([O-])cc2)nc2ccccc21. The van der Waals surface area contributed by atoms with Gasteiger partial charge in [-0.25, -0.2) is 4.98 Å². The fourth-order valence-electron chi connectivity index (χ4n) is 2.92. The molecular formula is C19H23N5O2. The Bertz CT molecular complexity index is 885. The van der Waals surface area contributed by atoms with Gasteiger partial charge in [0.05, 0.1) is 16.6 Å². The zero-order chi connectivity index (χ0) is 18.5. The molecule has 0 aliphatic rings. The van der Waals surface area contributed by atoms with Gasteiger partial charge in [0, 0.05) is 25.2 Å². The van der Waals surface area contributed by atoms with Crippen LogP contribution in [0.3, 0.4) is 0 Å². The first-order valence-corrected chi connectivity index (χ1v) is 8.80. The lowest BCUT2D eigenvalue weighted by atomic mass is 10.2. The molecule has 0 spiro atoms. The lowest BCUT2D eigenvalue weighted by Gasteiger charge is -2.19. The van der Waals surface area contributed by atoms with E-state index in [0.717, 1.165) is 37.2 Å². The van der Waals surface area contributed by atoms with Gasteiger partial charge < -0.3 is 14.7 Å². The Morgan fingerprint density at radius 1 is 1.19 bits per heavy atom. The fourth-order valence-corrected chi connectivity index (χ4v) is 2.92. The van der Waals surface area contributed by atoms with Crippen molar-refractivity contribution in [3.05, 3.63) is 59.6 Å². The Morgan fingerprint density at radius 3 is 2.58 bits per heavy atom. The van der Waals surface area contributed by atoms with E-state index in [1.165, 1.54) is 24.5 Å². The highest BCUT2D eigenvalue weighted by Gasteiger charge is 2.15. The van der Waals surface area contributed by atoms with E-state index in [2.05, 4.69) is 29.0 Å². The lowest BCUT2D eigenvalue weighted by Crippen LogP contribution is -2.28. The number of likely N-dealkylation sites (N-methyl/N-ethyl adjacent to an activating group) is 1. The number of para-hydroxylation sites is 2. The second kappa shape index (κ2) is 7.97. The van der Waals surface area contributed by atoms with Crippen LogP contribution in [0.5, 0.6) is 0 Å². The number of benzene rings is 1. The molecule has 0 saturated carbocycles. The summed E-state index contributed by atoms with van der Waals surface area (Å²) < 4.78 is 2.68. The summed E-state index contributed by atoms with van der Waals surface area (Å²) in [6, 6.07) is 10.8. The molecule has 0 aliphatic carbocycles. The van der Waals surface area contributed by atoms with Gasteiger partial charge in [0.2, 0.25) is 5.95 Å². The maximum absolute atomic E-state index is 12.5. The van der Waals surface area contributed by atoms with Gasteiger partial charge in [-0.15, -0.1) is 0 Å². The first-order valence-electron chi connectivity index (χ1n) is 8.80. The van der Waals surface area contributed by atoms with Crippen LogP contribution in [0.25, 0.3) is 11.0 Å². The maximum Gasteiger partial charge on any atom is 0.258 e. The molecule has 7 nitrogen and oxygen atoms in total. The topological polar surface area (TPSA) is 77.1 Å². The van der Waals surface area contributed by atoms with Crippen LogP contribution in [0, 0.1) is 5.21 Å². The Balaban J connectivity index is 1.87. The normalized spacial score (nSPS) is 11.2. The molecule has 0 aliphatic heterocycles.